The van der Waals surface area contributed by atoms with Crippen LogP contribution in [0.5, 0.6) is 0 Å². The second-order valence-electron chi connectivity index (χ2n) is 6.23. The molecule has 1 heterocycles. The molecule has 3 aromatic rings. The summed E-state index contributed by atoms with van der Waals surface area (Å²) in [5, 5.41) is 13.8. The number of para-hydroxylation sites is 1. The van der Waals surface area contributed by atoms with Gasteiger partial charge in [-0.25, -0.2) is 13.9 Å². The van der Waals surface area contributed by atoms with Crippen molar-refractivity contribution < 1.29 is 14.3 Å². The molecule has 4 nitrogen and oxygen atoms in total. The second kappa shape index (κ2) is 7.35. The lowest BCUT2D eigenvalue weighted by atomic mass is 9.99. The fourth-order valence-corrected chi connectivity index (χ4v) is 2.83. The number of aliphatic carboxylic acids is 1. The van der Waals surface area contributed by atoms with Crippen molar-refractivity contribution in [2.75, 3.05) is 0 Å². The molecule has 0 bridgehead atoms. The van der Waals surface area contributed by atoms with E-state index in [1.165, 1.54) is 12.1 Å². The second-order valence-corrected chi connectivity index (χ2v) is 6.23. The third-order valence-corrected chi connectivity index (χ3v) is 4.01. The number of halogens is 1. The van der Waals surface area contributed by atoms with E-state index in [9.17, 15) is 9.18 Å². The van der Waals surface area contributed by atoms with Crippen LogP contribution in [0, 0.1) is 5.82 Å². The number of hydrogen-bond acceptors (Lipinski definition) is 2. The highest BCUT2D eigenvalue weighted by Crippen LogP contribution is 2.33. The molecule has 0 atom stereocenters. The Labute approximate surface area is 151 Å². The van der Waals surface area contributed by atoms with E-state index in [2.05, 4.69) is 0 Å². The van der Waals surface area contributed by atoms with Crippen molar-refractivity contribution in [2.45, 2.75) is 19.8 Å². The molecule has 26 heavy (non-hydrogen) atoms. The van der Waals surface area contributed by atoms with Gasteiger partial charge in [-0.05, 0) is 48.4 Å². The van der Waals surface area contributed by atoms with Crippen molar-refractivity contribution in [1.82, 2.24) is 9.78 Å². The lowest BCUT2D eigenvalue weighted by Crippen LogP contribution is -2.00. The molecular weight excluding hydrogens is 331 g/mol. The van der Waals surface area contributed by atoms with Crippen LogP contribution < -0.4 is 0 Å². The predicted molar refractivity (Wildman–Crippen MR) is 99.7 cm³/mol. The molecule has 0 unspecified atom stereocenters. The van der Waals surface area contributed by atoms with E-state index in [1.54, 1.807) is 22.9 Å². The Hall–Kier alpha value is -3.21. The summed E-state index contributed by atoms with van der Waals surface area (Å²) in [6.07, 6.45) is 2.66. The van der Waals surface area contributed by atoms with Crippen molar-refractivity contribution in [1.29, 1.82) is 0 Å². The highest BCUT2D eigenvalue weighted by molar-refractivity contribution is 5.88. The Bertz CT molecular complexity index is 942. The minimum absolute atomic E-state index is 0.0904. The summed E-state index contributed by atoms with van der Waals surface area (Å²) < 4.78 is 15.2. The average Bonchev–Trinajstić information content (AvgIpc) is 3.01. The predicted octanol–water partition coefficient (Wildman–Crippen LogP) is 4.90. The largest absolute Gasteiger partial charge is 0.478 e. The van der Waals surface area contributed by atoms with Crippen molar-refractivity contribution in [3.8, 4) is 16.9 Å². The van der Waals surface area contributed by atoms with E-state index in [4.69, 9.17) is 10.2 Å². The van der Waals surface area contributed by atoms with Gasteiger partial charge in [0.1, 0.15) is 5.82 Å². The molecule has 0 amide bonds. The summed E-state index contributed by atoms with van der Waals surface area (Å²) in [6.45, 7) is 4.01. The summed E-state index contributed by atoms with van der Waals surface area (Å²) in [6, 6.07) is 15.7. The van der Waals surface area contributed by atoms with E-state index in [0.29, 0.717) is 0 Å². The smallest absolute Gasteiger partial charge is 0.328 e. The first-order chi connectivity index (χ1) is 12.5. The highest BCUT2D eigenvalue weighted by atomic mass is 19.1. The molecule has 0 spiro atoms. The van der Waals surface area contributed by atoms with Gasteiger partial charge in [0, 0.05) is 17.2 Å². The molecular formula is C21H19FN2O2. The zero-order chi connectivity index (χ0) is 18.7. The zero-order valence-electron chi connectivity index (χ0n) is 14.6. The van der Waals surface area contributed by atoms with Gasteiger partial charge in [-0.1, -0.05) is 32.0 Å². The molecule has 0 saturated heterocycles. The summed E-state index contributed by atoms with van der Waals surface area (Å²) >= 11 is 0. The fourth-order valence-electron chi connectivity index (χ4n) is 2.83. The molecule has 5 heteroatoms. The van der Waals surface area contributed by atoms with E-state index >= 15 is 0 Å². The van der Waals surface area contributed by atoms with Crippen LogP contribution in [0.2, 0.25) is 0 Å². The minimum atomic E-state index is -1.03. The standard InChI is InChI=1S/C21H19FN2O2/c1-14(2)20-18(12-13-19(25)26)21(15-8-10-16(22)11-9-15)24(23-20)17-6-4-3-5-7-17/h3-14H,1-2H3,(H,25,26). The van der Waals surface area contributed by atoms with Crippen LogP contribution in [-0.2, 0) is 4.79 Å². The van der Waals surface area contributed by atoms with Gasteiger partial charge in [-0.3, -0.25) is 0 Å². The van der Waals surface area contributed by atoms with Gasteiger partial charge in [0.15, 0.2) is 0 Å². The summed E-state index contributed by atoms with van der Waals surface area (Å²) in [5.74, 6) is -1.27. The molecule has 0 aliphatic rings. The Morgan fingerprint density at radius 2 is 1.77 bits per heavy atom. The van der Waals surface area contributed by atoms with Crippen LogP contribution in [0.1, 0.15) is 31.0 Å². The third-order valence-electron chi connectivity index (χ3n) is 4.01. The Morgan fingerprint density at radius 3 is 2.35 bits per heavy atom. The molecule has 0 aliphatic carbocycles. The number of benzene rings is 2. The molecule has 1 aromatic heterocycles. The minimum Gasteiger partial charge on any atom is -0.478 e. The zero-order valence-corrected chi connectivity index (χ0v) is 14.6. The van der Waals surface area contributed by atoms with Crippen molar-refractivity contribution in [3.05, 3.63) is 77.7 Å². The number of carbonyl (C=O) groups is 1. The molecule has 132 valence electrons. The van der Waals surface area contributed by atoms with Crippen LogP contribution in [0.25, 0.3) is 23.0 Å². The van der Waals surface area contributed by atoms with Gasteiger partial charge in [-0.15, -0.1) is 0 Å². The Morgan fingerprint density at radius 1 is 1.12 bits per heavy atom. The number of rotatable bonds is 5. The first kappa shape index (κ1) is 17.6. The maximum Gasteiger partial charge on any atom is 0.328 e. The molecule has 0 aliphatic heterocycles. The number of aromatic nitrogens is 2. The number of carboxylic acids is 1. The molecule has 3 rings (SSSR count). The molecule has 0 saturated carbocycles. The van der Waals surface area contributed by atoms with Crippen LogP contribution in [-0.4, -0.2) is 20.9 Å². The maximum absolute atomic E-state index is 13.4. The van der Waals surface area contributed by atoms with E-state index in [-0.39, 0.29) is 11.7 Å². The van der Waals surface area contributed by atoms with Gasteiger partial charge < -0.3 is 5.11 Å². The number of hydrogen-bond donors (Lipinski definition) is 1. The Kier molecular flexibility index (Phi) is 4.98. The number of nitrogens with zero attached hydrogens (tertiary/aromatic N) is 2. The monoisotopic (exact) mass is 350 g/mol. The first-order valence-electron chi connectivity index (χ1n) is 8.32. The third kappa shape index (κ3) is 3.57. The molecule has 1 N–H and O–H groups in total. The van der Waals surface area contributed by atoms with Crippen LogP contribution >= 0.6 is 0 Å². The van der Waals surface area contributed by atoms with Gasteiger partial charge in [0.25, 0.3) is 0 Å². The van der Waals surface area contributed by atoms with Crippen LogP contribution in [0.3, 0.4) is 0 Å². The topological polar surface area (TPSA) is 55.1 Å². The normalized spacial score (nSPS) is 11.4. The summed E-state index contributed by atoms with van der Waals surface area (Å²) in [4.78, 5) is 11.1. The van der Waals surface area contributed by atoms with Gasteiger partial charge in [-0.2, -0.15) is 5.10 Å². The SMILES string of the molecule is CC(C)c1nn(-c2ccccc2)c(-c2ccc(F)cc2)c1C=CC(=O)O. The van der Waals surface area contributed by atoms with E-state index in [1.807, 2.05) is 44.2 Å². The van der Waals surface area contributed by atoms with Crippen LogP contribution in [0.15, 0.2) is 60.7 Å². The molecule has 0 fully saturated rings. The average molecular weight is 350 g/mol. The van der Waals surface area contributed by atoms with Crippen molar-refractivity contribution in [2.24, 2.45) is 0 Å². The summed E-state index contributed by atoms with van der Waals surface area (Å²) in [5.41, 5.74) is 3.85. The van der Waals surface area contributed by atoms with Gasteiger partial charge in [0.2, 0.25) is 0 Å². The first-order valence-corrected chi connectivity index (χ1v) is 8.32. The Balaban J connectivity index is 2.32. The fraction of sp³-hybridized carbons (Fsp3) is 0.143. The lowest BCUT2D eigenvalue weighted by molar-refractivity contribution is -0.131. The quantitative estimate of drug-likeness (QED) is 0.666. The molecule has 0 radical (unpaired) electrons. The highest BCUT2D eigenvalue weighted by Gasteiger charge is 2.20. The van der Waals surface area contributed by atoms with E-state index < -0.39 is 5.97 Å². The maximum atomic E-state index is 13.4. The van der Waals surface area contributed by atoms with Crippen molar-refractivity contribution in [3.63, 3.8) is 0 Å². The number of carboxylic acid groups (broad SMARTS) is 1. The molecule has 2 aromatic carbocycles. The van der Waals surface area contributed by atoms with Gasteiger partial charge in [0.05, 0.1) is 17.1 Å². The van der Waals surface area contributed by atoms with Gasteiger partial charge >= 0.3 is 5.97 Å². The lowest BCUT2D eigenvalue weighted by Gasteiger charge is -2.09. The summed E-state index contributed by atoms with van der Waals surface area (Å²) in [7, 11) is 0. The van der Waals surface area contributed by atoms with Crippen molar-refractivity contribution >= 4 is 12.0 Å². The van der Waals surface area contributed by atoms with E-state index in [0.717, 1.165) is 34.3 Å². The van der Waals surface area contributed by atoms with Crippen LogP contribution in [0.4, 0.5) is 4.39 Å².